The maximum Gasteiger partial charge on any atom is 0.354 e. The molecule has 0 bridgehead atoms. The van der Waals surface area contributed by atoms with Gasteiger partial charge in [-0.1, -0.05) is 60.7 Å². The average Bonchev–Trinajstić information content (AvgIpc) is 2.70. The molecule has 0 fully saturated rings. The van der Waals surface area contributed by atoms with E-state index in [1.54, 1.807) is 73.8 Å². The van der Waals surface area contributed by atoms with Crippen molar-refractivity contribution in [3.05, 3.63) is 96.1 Å². The second kappa shape index (κ2) is 7.83. The smallest absolute Gasteiger partial charge is 0.354 e. The molecular formula is C22H19FO3. The molecule has 1 atom stereocenters. The van der Waals surface area contributed by atoms with Crippen molar-refractivity contribution in [3.63, 3.8) is 0 Å². The van der Waals surface area contributed by atoms with E-state index in [9.17, 15) is 4.79 Å². The van der Waals surface area contributed by atoms with E-state index in [0.29, 0.717) is 11.3 Å². The number of esters is 1. The zero-order valence-corrected chi connectivity index (χ0v) is 14.4. The fourth-order valence-corrected chi connectivity index (χ4v) is 2.70. The summed E-state index contributed by atoms with van der Waals surface area (Å²) in [6.45, 7) is 0. The number of methoxy groups -OCH3 is 1. The molecule has 132 valence electrons. The molecule has 0 spiro atoms. The van der Waals surface area contributed by atoms with Gasteiger partial charge in [-0.2, -0.15) is 0 Å². The van der Waals surface area contributed by atoms with Crippen LogP contribution in [0.1, 0.15) is 11.1 Å². The van der Waals surface area contributed by atoms with E-state index in [4.69, 9.17) is 9.47 Å². The summed E-state index contributed by atoms with van der Waals surface area (Å²) in [5, 5.41) is 0. The van der Waals surface area contributed by atoms with E-state index in [2.05, 4.69) is 0 Å². The first kappa shape index (κ1) is 17.7. The van der Waals surface area contributed by atoms with Gasteiger partial charge in [-0.25, -0.2) is 9.18 Å². The van der Waals surface area contributed by atoms with Crippen LogP contribution in [0.3, 0.4) is 0 Å². The quantitative estimate of drug-likeness (QED) is 0.477. The predicted octanol–water partition coefficient (Wildman–Crippen LogP) is 4.71. The van der Waals surface area contributed by atoms with Crippen LogP contribution in [0, 0.1) is 0 Å². The standard InChI is InChI=1S/C22H19FO3/c1-25-19-12-14-20(15-13-19)26-21(24)22(23,18-10-6-3-7-11-18)16-17-8-4-2-5-9-17/h2-15H,16H2,1H3/t22-/m0/s1. The molecular weight excluding hydrogens is 331 g/mol. The molecule has 4 heteroatoms. The Morgan fingerprint density at radius 1 is 0.846 bits per heavy atom. The molecule has 0 aromatic heterocycles. The van der Waals surface area contributed by atoms with Crippen molar-refractivity contribution in [3.8, 4) is 11.5 Å². The van der Waals surface area contributed by atoms with E-state index < -0.39 is 11.6 Å². The average molecular weight is 350 g/mol. The molecule has 0 aliphatic carbocycles. The van der Waals surface area contributed by atoms with Crippen LogP contribution in [0.2, 0.25) is 0 Å². The van der Waals surface area contributed by atoms with Crippen molar-refractivity contribution >= 4 is 5.97 Å². The molecule has 0 aliphatic heterocycles. The normalized spacial score (nSPS) is 12.8. The number of benzene rings is 3. The van der Waals surface area contributed by atoms with Crippen molar-refractivity contribution in [1.29, 1.82) is 0 Å². The maximum atomic E-state index is 15.9. The lowest BCUT2D eigenvalue weighted by molar-refractivity contribution is -0.148. The molecule has 0 N–H and O–H groups in total. The van der Waals surface area contributed by atoms with Gasteiger partial charge < -0.3 is 9.47 Å². The minimum absolute atomic E-state index is 0.104. The summed E-state index contributed by atoms with van der Waals surface area (Å²) in [5.74, 6) is -0.0526. The van der Waals surface area contributed by atoms with Crippen molar-refractivity contribution < 1.29 is 18.7 Å². The van der Waals surface area contributed by atoms with Gasteiger partial charge in [-0.15, -0.1) is 0 Å². The highest BCUT2D eigenvalue weighted by molar-refractivity contribution is 5.83. The summed E-state index contributed by atoms with van der Waals surface area (Å²) < 4.78 is 26.3. The van der Waals surface area contributed by atoms with Crippen LogP contribution < -0.4 is 9.47 Å². The van der Waals surface area contributed by atoms with Gasteiger partial charge in [0.25, 0.3) is 0 Å². The zero-order valence-electron chi connectivity index (χ0n) is 14.4. The SMILES string of the molecule is COc1ccc(OC(=O)[C@](F)(Cc2ccccc2)c2ccccc2)cc1. The van der Waals surface area contributed by atoms with Gasteiger partial charge in [0.15, 0.2) is 0 Å². The number of carbonyl (C=O) groups excluding carboxylic acids is 1. The minimum Gasteiger partial charge on any atom is -0.497 e. The molecule has 0 heterocycles. The first-order chi connectivity index (χ1) is 12.6. The molecule has 0 aliphatic rings. The molecule has 0 radical (unpaired) electrons. The number of alkyl halides is 1. The molecule has 3 rings (SSSR count). The van der Waals surface area contributed by atoms with Crippen LogP contribution in [0.25, 0.3) is 0 Å². The molecule has 26 heavy (non-hydrogen) atoms. The van der Waals surface area contributed by atoms with Crippen LogP contribution in [0.15, 0.2) is 84.9 Å². The Kier molecular flexibility index (Phi) is 5.32. The van der Waals surface area contributed by atoms with Gasteiger partial charge in [-0.3, -0.25) is 0 Å². The Hall–Kier alpha value is -3.14. The summed E-state index contributed by atoms with van der Waals surface area (Å²) in [6, 6.07) is 23.9. The van der Waals surface area contributed by atoms with Gasteiger partial charge in [0, 0.05) is 12.0 Å². The summed E-state index contributed by atoms with van der Waals surface area (Å²) in [7, 11) is 1.54. The first-order valence-electron chi connectivity index (χ1n) is 8.26. The third-order valence-corrected chi connectivity index (χ3v) is 4.12. The minimum atomic E-state index is -2.29. The Labute approximate surface area is 152 Å². The number of halogens is 1. The monoisotopic (exact) mass is 350 g/mol. The molecule has 3 aromatic rings. The highest BCUT2D eigenvalue weighted by atomic mass is 19.1. The van der Waals surface area contributed by atoms with E-state index in [1.807, 2.05) is 18.2 Å². The van der Waals surface area contributed by atoms with E-state index >= 15 is 4.39 Å². The molecule has 0 unspecified atom stereocenters. The van der Waals surface area contributed by atoms with Gasteiger partial charge in [-0.05, 0) is 29.8 Å². The second-order valence-electron chi connectivity index (χ2n) is 5.89. The second-order valence-corrected chi connectivity index (χ2v) is 5.89. The highest BCUT2D eigenvalue weighted by Gasteiger charge is 2.42. The molecule has 0 saturated carbocycles. The van der Waals surface area contributed by atoms with Crippen molar-refractivity contribution in [2.24, 2.45) is 0 Å². The largest absolute Gasteiger partial charge is 0.497 e. The number of carbonyl (C=O) groups is 1. The van der Waals surface area contributed by atoms with Gasteiger partial charge in [0.1, 0.15) is 11.5 Å². The number of rotatable bonds is 6. The topological polar surface area (TPSA) is 35.5 Å². The Bertz CT molecular complexity index is 848. The van der Waals surface area contributed by atoms with Gasteiger partial charge >= 0.3 is 5.97 Å². The third kappa shape index (κ3) is 3.91. The lowest BCUT2D eigenvalue weighted by atomic mass is 9.89. The molecule has 0 saturated heterocycles. The van der Waals surface area contributed by atoms with Crippen LogP contribution in [0.5, 0.6) is 11.5 Å². The van der Waals surface area contributed by atoms with Gasteiger partial charge in [0.2, 0.25) is 5.67 Å². The summed E-state index contributed by atoms with van der Waals surface area (Å²) in [5.41, 5.74) is -1.31. The summed E-state index contributed by atoms with van der Waals surface area (Å²) in [6.07, 6.45) is -0.104. The van der Waals surface area contributed by atoms with E-state index in [-0.39, 0.29) is 17.7 Å². The van der Waals surface area contributed by atoms with Crippen LogP contribution in [-0.2, 0) is 16.9 Å². The summed E-state index contributed by atoms with van der Waals surface area (Å²) in [4.78, 5) is 12.8. The third-order valence-electron chi connectivity index (χ3n) is 4.12. The fourth-order valence-electron chi connectivity index (χ4n) is 2.70. The maximum absolute atomic E-state index is 15.9. The Morgan fingerprint density at radius 3 is 1.96 bits per heavy atom. The molecule has 3 aromatic carbocycles. The van der Waals surface area contributed by atoms with E-state index in [1.165, 1.54) is 0 Å². The van der Waals surface area contributed by atoms with E-state index in [0.717, 1.165) is 0 Å². The Morgan fingerprint density at radius 2 is 1.38 bits per heavy atom. The van der Waals surface area contributed by atoms with Crippen LogP contribution >= 0.6 is 0 Å². The van der Waals surface area contributed by atoms with Crippen LogP contribution in [-0.4, -0.2) is 13.1 Å². The number of hydrogen-bond acceptors (Lipinski definition) is 3. The lowest BCUT2D eigenvalue weighted by Crippen LogP contribution is -2.37. The number of ether oxygens (including phenoxy) is 2. The predicted molar refractivity (Wildman–Crippen MR) is 98.0 cm³/mol. The fraction of sp³-hybridized carbons (Fsp3) is 0.136. The van der Waals surface area contributed by atoms with Crippen LogP contribution in [0.4, 0.5) is 4.39 Å². The van der Waals surface area contributed by atoms with Crippen molar-refractivity contribution in [2.75, 3.05) is 7.11 Å². The highest BCUT2D eigenvalue weighted by Crippen LogP contribution is 2.33. The summed E-state index contributed by atoms with van der Waals surface area (Å²) >= 11 is 0. The lowest BCUT2D eigenvalue weighted by Gasteiger charge is -2.24. The zero-order chi connectivity index (χ0) is 18.4. The van der Waals surface area contributed by atoms with Crippen molar-refractivity contribution in [1.82, 2.24) is 0 Å². The molecule has 3 nitrogen and oxygen atoms in total. The first-order valence-corrected chi connectivity index (χ1v) is 8.26. The molecule has 0 amide bonds. The Balaban J connectivity index is 1.90. The van der Waals surface area contributed by atoms with Gasteiger partial charge in [0.05, 0.1) is 7.11 Å². The number of hydrogen-bond donors (Lipinski definition) is 0. The van der Waals surface area contributed by atoms with Crippen molar-refractivity contribution in [2.45, 2.75) is 12.1 Å².